The minimum absolute atomic E-state index is 0.00182. The molecule has 0 bridgehead atoms. The lowest BCUT2D eigenvalue weighted by Gasteiger charge is -2.06. The van der Waals surface area contributed by atoms with Crippen LogP contribution in [0.5, 0.6) is 0 Å². The highest BCUT2D eigenvalue weighted by molar-refractivity contribution is 5.93. The highest BCUT2D eigenvalue weighted by Crippen LogP contribution is 2.11. The normalized spacial score (nSPS) is 10.9. The van der Waals surface area contributed by atoms with Gasteiger partial charge in [-0.1, -0.05) is 19.1 Å². The number of aliphatic hydroxyl groups excluding tert-OH is 1. The Kier molecular flexibility index (Phi) is 4.70. The van der Waals surface area contributed by atoms with Crippen LogP contribution in [0.3, 0.4) is 0 Å². The van der Waals surface area contributed by atoms with Crippen LogP contribution in [-0.2, 0) is 13.0 Å². The molecule has 21 heavy (non-hydrogen) atoms. The lowest BCUT2D eigenvalue weighted by atomic mass is 10.2. The van der Waals surface area contributed by atoms with Crippen molar-refractivity contribution in [3.63, 3.8) is 0 Å². The Labute approximate surface area is 123 Å². The van der Waals surface area contributed by atoms with Gasteiger partial charge in [0, 0.05) is 6.04 Å². The van der Waals surface area contributed by atoms with Gasteiger partial charge < -0.3 is 10.4 Å². The van der Waals surface area contributed by atoms with Crippen LogP contribution in [0.1, 0.15) is 42.5 Å². The molecule has 112 valence electrons. The summed E-state index contributed by atoms with van der Waals surface area (Å²) in [5.41, 5.74) is 2.40. The molecule has 0 spiro atoms. The largest absolute Gasteiger partial charge is 0.390 e. The molecule has 1 aromatic heterocycles. The molecule has 1 aromatic carbocycles. The van der Waals surface area contributed by atoms with Gasteiger partial charge in [-0.3, -0.25) is 4.79 Å². The third kappa shape index (κ3) is 3.46. The number of rotatable bonds is 5. The second kappa shape index (κ2) is 6.49. The minimum Gasteiger partial charge on any atom is -0.390 e. The molecule has 0 fully saturated rings. The van der Waals surface area contributed by atoms with Gasteiger partial charge >= 0.3 is 0 Å². The Morgan fingerprint density at radius 3 is 2.48 bits per heavy atom. The number of aromatic nitrogens is 3. The number of carbonyl (C=O) groups excluding carboxylic acids is 1. The SMILES string of the molecule is CCc1ccc(-n2nc(CO)c(C(=O)NC(C)C)n2)cc1. The molecule has 1 amide bonds. The second-order valence-corrected chi connectivity index (χ2v) is 5.09. The van der Waals surface area contributed by atoms with Crippen LogP contribution in [0.2, 0.25) is 0 Å². The van der Waals surface area contributed by atoms with Crippen molar-refractivity contribution in [1.29, 1.82) is 0 Å². The van der Waals surface area contributed by atoms with E-state index < -0.39 is 0 Å². The maximum Gasteiger partial charge on any atom is 0.274 e. The fraction of sp³-hybridized carbons (Fsp3) is 0.400. The zero-order valence-corrected chi connectivity index (χ0v) is 12.5. The summed E-state index contributed by atoms with van der Waals surface area (Å²) >= 11 is 0. The number of aryl methyl sites for hydroxylation is 1. The standard InChI is InChI=1S/C15H20N4O2/c1-4-11-5-7-12(8-6-11)19-17-13(9-20)14(18-19)15(21)16-10(2)3/h5-8,10,20H,4,9H2,1-3H3,(H,16,21). The van der Waals surface area contributed by atoms with Crippen molar-refractivity contribution in [2.45, 2.75) is 39.8 Å². The molecular weight excluding hydrogens is 268 g/mol. The van der Waals surface area contributed by atoms with E-state index >= 15 is 0 Å². The summed E-state index contributed by atoms with van der Waals surface area (Å²) in [6.45, 7) is 5.49. The van der Waals surface area contributed by atoms with E-state index in [9.17, 15) is 9.90 Å². The number of aliphatic hydroxyl groups is 1. The van der Waals surface area contributed by atoms with Crippen LogP contribution >= 0.6 is 0 Å². The minimum atomic E-state index is -0.328. The van der Waals surface area contributed by atoms with Gasteiger partial charge in [0.05, 0.1) is 12.3 Å². The van der Waals surface area contributed by atoms with E-state index in [0.717, 1.165) is 12.1 Å². The summed E-state index contributed by atoms with van der Waals surface area (Å²) < 4.78 is 0. The zero-order valence-electron chi connectivity index (χ0n) is 12.5. The molecule has 0 aliphatic heterocycles. The van der Waals surface area contributed by atoms with E-state index in [1.165, 1.54) is 10.4 Å². The Balaban J connectivity index is 2.33. The summed E-state index contributed by atoms with van der Waals surface area (Å²) in [5.74, 6) is -0.328. The molecule has 0 unspecified atom stereocenters. The van der Waals surface area contributed by atoms with Gasteiger partial charge in [0.15, 0.2) is 5.69 Å². The van der Waals surface area contributed by atoms with E-state index in [-0.39, 0.29) is 29.9 Å². The molecule has 0 saturated heterocycles. The molecule has 0 aliphatic rings. The Hall–Kier alpha value is -2.21. The molecule has 0 saturated carbocycles. The number of amides is 1. The van der Waals surface area contributed by atoms with Gasteiger partial charge in [-0.05, 0) is 38.0 Å². The smallest absolute Gasteiger partial charge is 0.274 e. The van der Waals surface area contributed by atoms with E-state index in [1.54, 1.807) is 0 Å². The Bertz CT molecular complexity index is 617. The van der Waals surface area contributed by atoms with Crippen LogP contribution in [-0.4, -0.2) is 32.0 Å². The molecule has 2 rings (SSSR count). The van der Waals surface area contributed by atoms with Crippen molar-refractivity contribution in [2.24, 2.45) is 0 Å². The summed E-state index contributed by atoms with van der Waals surface area (Å²) in [5, 5.41) is 20.5. The van der Waals surface area contributed by atoms with Crippen LogP contribution in [0, 0.1) is 0 Å². The molecule has 2 aromatic rings. The Morgan fingerprint density at radius 2 is 1.95 bits per heavy atom. The zero-order chi connectivity index (χ0) is 15.4. The fourth-order valence-corrected chi connectivity index (χ4v) is 1.93. The van der Waals surface area contributed by atoms with Gasteiger partial charge in [0.2, 0.25) is 0 Å². The van der Waals surface area contributed by atoms with Crippen molar-refractivity contribution in [3.05, 3.63) is 41.2 Å². The summed E-state index contributed by atoms with van der Waals surface area (Å²) in [6.07, 6.45) is 0.955. The third-order valence-electron chi connectivity index (χ3n) is 3.04. The first-order valence-electron chi connectivity index (χ1n) is 7.02. The summed E-state index contributed by atoms with van der Waals surface area (Å²) in [4.78, 5) is 13.4. The topological polar surface area (TPSA) is 80.0 Å². The molecule has 2 N–H and O–H groups in total. The predicted molar refractivity (Wildman–Crippen MR) is 79.3 cm³/mol. The average Bonchev–Trinajstić information content (AvgIpc) is 2.91. The molecule has 6 heteroatoms. The van der Waals surface area contributed by atoms with E-state index in [1.807, 2.05) is 38.1 Å². The second-order valence-electron chi connectivity index (χ2n) is 5.09. The van der Waals surface area contributed by atoms with Gasteiger partial charge in [-0.15, -0.1) is 10.2 Å². The maximum atomic E-state index is 12.0. The predicted octanol–water partition coefficient (Wildman–Crippen LogP) is 1.46. The fourth-order valence-electron chi connectivity index (χ4n) is 1.93. The number of benzene rings is 1. The highest BCUT2D eigenvalue weighted by Gasteiger charge is 2.19. The van der Waals surface area contributed by atoms with E-state index in [2.05, 4.69) is 22.4 Å². The monoisotopic (exact) mass is 288 g/mol. The van der Waals surface area contributed by atoms with Gasteiger partial charge in [-0.2, -0.15) is 4.80 Å². The molecule has 0 atom stereocenters. The lowest BCUT2D eigenvalue weighted by Crippen LogP contribution is -2.31. The number of carbonyl (C=O) groups is 1. The van der Waals surface area contributed by atoms with Crippen LogP contribution in [0.15, 0.2) is 24.3 Å². The van der Waals surface area contributed by atoms with Crippen molar-refractivity contribution in [1.82, 2.24) is 20.3 Å². The summed E-state index contributed by atoms with van der Waals surface area (Å²) in [6, 6.07) is 7.77. The van der Waals surface area contributed by atoms with Gasteiger partial charge in [-0.25, -0.2) is 0 Å². The first-order chi connectivity index (χ1) is 10.0. The first kappa shape index (κ1) is 15.2. The van der Waals surface area contributed by atoms with Crippen LogP contribution < -0.4 is 5.32 Å². The first-order valence-corrected chi connectivity index (χ1v) is 7.02. The Morgan fingerprint density at radius 1 is 1.29 bits per heavy atom. The van der Waals surface area contributed by atoms with Gasteiger partial charge in [0.1, 0.15) is 5.69 Å². The number of nitrogens with one attached hydrogen (secondary N) is 1. The lowest BCUT2D eigenvalue weighted by molar-refractivity contribution is 0.0934. The third-order valence-corrected chi connectivity index (χ3v) is 3.04. The van der Waals surface area contributed by atoms with Crippen LogP contribution in [0.4, 0.5) is 0 Å². The number of hydrogen-bond donors (Lipinski definition) is 2. The average molecular weight is 288 g/mol. The van der Waals surface area contributed by atoms with Crippen molar-refractivity contribution < 1.29 is 9.90 Å². The van der Waals surface area contributed by atoms with Crippen molar-refractivity contribution >= 4 is 5.91 Å². The van der Waals surface area contributed by atoms with E-state index in [0.29, 0.717) is 0 Å². The molecule has 0 aliphatic carbocycles. The number of hydrogen-bond acceptors (Lipinski definition) is 4. The highest BCUT2D eigenvalue weighted by atomic mass is 16.3. The number of nitrogens with zero attached hydrogens (tertiary/aromatic N) is 3. The molecule has 1 heterocycles. The summed E-state index contributed by atoms with van der Waals surface area (Å²) in [7, 11) is 0. The van der Waals surface area contributed by atoms with Crippen molar-refractivity contribution in [2.75, 3.05) is 0 Å². The van der Waals surface area contributed by atoms with Crippen LogP contribution in [0.25, 0.3) is 5.69 Å². The molecule has 6 nitrogen and oxygen atoms in total. The molecule has 0 radical (unpaired) electrons. The van der Waals surface area contributed by atoms with Crippen molar-refractivity contribution in [3.8, 4) is 5.69 Å². The maximum absolute atomic E-state index is 12.0. The van der Waals surface area contributed by atoms with E-state index in [4.69, 9.17) is 0 Å². The quantitative estimate of drug-likeness (QED) is 0.873. The van der Waals surface area contributed by atoms with Gasteiger partial charge in [0.25, 0.3) is 5.91 Å². The molecular formula is C15H20N4O2.